The van der Waals surface area contributed by atoms with Crippen molar-refractivity contribution < 1.29 is 9.84 Å². The number of aliphatic hydroxyl groups is 1. The fourth-order valence-electron chi connectivity index (χ4n) is 2.37. The molecule has 0 bridgehead atoms. The van der Waals surface area contributed by atoms with Crippen LogP contribution in [0.5, 0.6) is 0 Å². The van der Waals surface area contributed by atoms with Crippen molar-refractivity contribution >= 4 is 0 Å². The lowest BCUT2D eigenvalue weighted by Gasteiger charge is -2.29. The molecular weight excluding hydrogens is 176 g/mol. The van der Waals surface area contributed by atoms with Crippen LogP contribution in [0, 0.1) is 5.92 Å². The van der Waals surface area contributed by atoms with Gasteiger partial charge in [0.1, 0.15) is 0 Å². The maximum Gasteiger partial charge on any atom is 0.0581 e. The molecule has 1 saturated carbocycles. The van der Waals surface area contributed by atoms with Crippen LogP contribution in [0.1, 0.15) is 52.9 Å². The molecule has 0 saturated heterocycles. The Labute approximate surface area is 87.7 Å². The largest absolute Gasteiger partial charge is 0.393 e. The van der Waals surface area contributed by atoms with E-state index >= 15 is 0 Å². The summed E-state index contributed by atoms with van der Waals surface area (Å²) in [5.74, 6) is 0.812. The standard InChI is InChI=1S/C12H24O2/c1-9-5-4-6-12(7-9)14-11(3)8-10(2)13/h9-13H,4-8H2,1-3H3. The summed E-state index contributed by atoms with van der Waals surface area (Å²) in [6, 6.07) is 0. The van der Waals surface area contributed by atoms with E-state index in [0.29, 0.717) is 6.10 Å². The molecular formula is C12H24O2. The smallest absolute Gasteiger partial charge is 0.0581 e. The van der Waals surface area contributed by atoms with Crippen molar-refractivity contribution in [2.24, 2.45) is 5.92 Å². The van der Waals surface area contributed by atoms with Gasteiger partial charge in [0.2, 0.25) is 0 Å². The lowest BCUT2D eigenvalue weighted by Crippen LogP contribution is -2.27. The molecule has 0 heterocycles. The number of hydrogen-bond donors (Lipinski definition) is 1. The fourth-order valence-corrected chi connectivity index (χ4v) is 2.37. The third-order valence-electron chi connectivity index (χ3n) is 2.99. The van der Waals surface area contributed by atoms with Crippen LogP contribution in [-0.2, 0) is 4.74 Å². The Hall–Kier alpha value is -0.0800. The zero-order valence-corrected chi connectivity index (χ0v) is 9.70. The van der Waals surface area contributed by atoms with E-state index in [1.54, 1.807) is 0 Å². The van der Waals surface area contributed by atoms with Crippen LogP contribution in [-0.4, -0.2) is 23.4 Å². The minimum absolute atomic E-state index is 0.199. The molecule has 0 aromatic heterocycles. The van der Waals surface area contributed by atoms with Crippen molar-refractivity contribution in [1.29, 1.82) is 0 Å². The normalized spacial score (nSPS) is 32.6. The first-order valence-electron chi connectivity index (χ1n) is 5.91. The highest BCUT2D eigenvalue weighted by Gasteiger charge is 2.21. The summed E-state index contributed by atoms with van der Waals surface area (Å²) >= 11 is 0. The first-order chi connectivity index (χ1) is 6.58. The molecule has 2 heteroatoms. The number of rotatable bonds is 4. The lowest BCUT2D eigenvalue weighted by molar-refractivity contribution is -0.0466. The Morgan fingerprint density at radius 1 is 1.36 bits per heavy atom. The number of aliphatic hydroxyl groups excluding tert-OH is 1. The van der Waals surface area contributed by atoms with Gasteiger partial charge in [-0.15, -0.1) is 0 Å². The predicted molar refractivity (Wildman–Crippen MR) is 58.3 cm³/mol. The first-order valence-corrected chi connectivity index (χ1v) is 5.91. The van der Waals surface area contributed by atoms with Gasteiger partial charge in [0.05, 0.1) is 18.3 Å². The molecule has 1 N–H and O–H groups in total. The van der Waals surface area contributed by atoms with Gasteiger partial charge in [-0.05, 0) is 39.0 Å². The summed E-state index contributed by atoms with van der Waals surface area (Å²) in [5, 5.41) is 9.22. The van der Waals surface area contributed by atoms with E-state index in [4.69, 9.17) is 4.74 Å². The van der Waals surface area contributed by atoms with E-state index in [9.17, 15) is 5.11 Å². The average molecular weight is 200 g/mol. The van der Waals surface area contributed by atoms with Gasteiger partial charge < -0.3 is 9.84 Å². The molecule has 1 aliphatic carbocycles. The second kappa shape index (κ2) is 5.72. The molecule has 0 spiro atoms. The summed E-state index contributed by atoms with van der Waals surface area (Å²) in [5.41, 5.74) is 0. The highest BCUT2D eigenvalue weighted by Crippen LogP contribution is 2.26. The molecule has 0 aliphatic heterocycles. The number of hydrogen-bond acceptors (Lipinski definition) is 2. The Bertz CT molecular complexity index is 156. The summed E-state index contributed by atoms with van der Waals surface area (Å²) in [7, 11) is 0. The van der Waals surface area contributed by atoms with Gasteiger partial charge in [0.25, 0.3) is 0 Å². The second-order valence-electron chi connectivity index (χ2n) is 4.93. The van der Waals surface area contributed by atoms with E-state index in [-0.39, 0.29) is 12.2 Å². The highest BCUT2D eigenvalue weighted by atomic mass is 16.5. The van der Waals surface area contributed by atoms with Crippen molar-refractivity contribution in [2.45, 2.75) is 71.2 Å². The monoisotopic (exact) mass is 200 g/mol. The third-order valence-corrected chi connectivity index (χ3v) is 2.99. The van der Waals surface area contributed by atoms with E-state index in [1.165, 1.54) is 25.7 Å². The van der Waals surface area contributed by atoms with Crippen LogP contribution in [0.25, 0.3) is 0 Å². The summed E-state index contributed by atoms with van der Waals surface area (Å²) in [4.78, 5) is 0. The van der Waals surface area contributed by atoms with Gasteiger partial charge >= 0.3 is 0 Å². The maximum absolute atomic E-state index is 9.22. The van der Waals surface area contributed by atoms with Gasteiger partial charge in [0, 0.05) is 0 Å². The molecule has 14 heavy (non-hydrogen) atoms. The molecule has 4 unspecified atom stereocenters. The molecule has 4 atom stereocenters. The lowest BCUT2D eigenvalue weighted by atomic mass is 9.88. The van der Waals surface area contributed by atoms with E-state index in [1.807, 2.05) is 6.92 Å². The Kier molecular flexibility index (Phi) is 4.90. The average Bonchev–Trinajstić information content (AvgIpc) is 2.01. The zero-order valence-electron chi connectivity index (χ0n) is 9.70. The summed E-state index contributed by atoms with van der Waals surface area (Å²) < 4.78 is 5.91. The molecule has 0 aromatic rings. The van der Waals surface area contributed by atoms with Crippen LogP contribution in [0.2, 0.25) is 0 Å². The molecule has 1 aliphatic rings. The Morgan fingerprint density at radius 3 is 2.64 bits per heavy atom. The van der Waals surface area contributed by atoms with Crippen LogP contribution < -0.4 is 0 Å². The molecule has 0 radical (unpaired) electrons. The van der Waals surface area contributed by atoms with Crippen LogP contribution >= 0.6 is 0 Å². The van der Waals surface area contributed by atoms with Crippen molar-refractivity contribution in [3.05, 3.63) is 0 Å². The quantitative estimate of drug-likeness (QED) is 0.756. The Balaban J connectivity index is 2.21. The molecule has 2 nitrogen and oxygen atoms in total. The van der Waals surface area contributed by atoms with Crippen molar-refractivity contribution in [1.82, 2.24) is 0 Å². The molecule has 1 rings (SSSR count). The highest BCUT2D eigenvalue weighted by molar-refractivity contribution is 4.72. The van der Waals surface area contributed by atoms with Crippen LogP contribution in [0.4, 0.5) is 0 Å². The topological polar surface area (TPSA) is 29.5 Å². The van der Waals surface area contributed by atoms with E-state index < -0.39 is 0 Å². The van der Waals surface area contributed by atoms with Crippen molar-refractivity contribution in [2.75, 3.05) is 0 Å². The van der Waals surface area contributed by atoms with Gasteiger partial charge in [-0.2, -0.15) is 0 Å². The molecule has 1 fully saturated rings. The van der Waals surface area contributed by atoms with Crippen LogP contribution in [0.15, 0.2) is 0 Å². The van der Waals surface area contributed by atoms with Gasteiger partial charge in [-0.1, -0.05) is 19.8 Å². The van der Waals surface area contributed by atoms with E-state index in [2.05, 4.69) is 13.8 Å². The predicted octanol–water partition coefficient (Wildman–Crippen LogP) is 2.74. The second-order valence-corrected chi connectivity index (χ2v) is 4.93. The SMILES string of the molecule is CC(O)CC(C)OC1CCCC(C)C1. The summed E-state index contributed by atoms with van der Waals surface area (Å²) in [6.07, 6.45) is 6.20. The zero-order chi connectivity index (χ0) is 10.6. The maximum atomic E-state index is 9.22. The number of ether oxygens (including phenoxy) is 1. The fraction of sp³-hybridized carbons (Fsp3) is 1.00. The minimum atomic E-state index is -0.244. The van der Waals surface area contributed by atoms with Crippen LogP contribution in [0.3, 0.4) is 0 Å². The molecule has 0 amide bonds. The van der Waals surface area contributed by atoms with Gasteiger partial charge in [-0.25, -0.2) is 0 Å². The van der Waals surface area contributed by atoms with Crippen molar-refractivity contribution in [3.63, 3.8) is 0 Å². The third kappa shape index (κ3) is 4.43. The van der Waals surface area contributed by atoms with E-state index in [0.717, 1.165) is 12.3 Å². The Morgan fingerprint density at radius 2 is 2.07 bits per heavy atom. The van der Waals surface area contributed by atoms with Gasteiger partial charge in [-0.3, -0.25) is 0 Å². The van der Waals surface area contributed by atoms with Gasteiger partial charge in [0.15, 0.2) is 0 Å². The summed E-state index contributed by atoms with van der Waals surface area (Å²) in [6.45, 7) is 6.18. The molecule has 0 aromatic carbocycles. The minimum Gasteiger partial charge on any atom is -0.393 e. The molecule has 84 valence electrons. The first kappa shape index (κ1) is 12.0. The van der Waals surface area contributed by atoms with Crippen molar-refractivity contribution in [3.8, 4) is 0 Å².